The van der Waals surface area contributed by atoms with Gasteiger partial charge in [-0.1, -0.05) is 27.2 Å². The van der Waals surface area contributed by atoms with E-state index in [4.69, 9.17) is 9.72 Å². The lowest BCUT2D eigenvalue weighted by atomic mass is 10.00. The van der Waals surface area contributed by atoms with E-state index in [0.717, 1.165) is 26.0 Å². The Morgan fingerprint density at radius 2 is 2.11 bits per heavy atom. The Morgan fingerprint density at radius 3 is 2.61 bits per heavy atom. The van der Waals surface area contributed by atoms with Crippen molar-refractivity contribution in [3.8, 4) is 0 Å². The number of hydrogen-bond acceptors (Lipinski definition) is 4. The summed E-state index contributed by atoms with van der Waals surface area (Å²) < 4.78 is 5.11. The minimum absolute atomic E-state index is 0.356. The third kappa shape index (κ3) is 4.04. The van der Waals surface area contributed by atoms with Gasteiger partial charge in [-0.2, -0.15) is 0 Å². The standard InChI is InChI=1S/C14H26N2OS/c1-6-10(3)13(15-8-9-17-5)14-16-12(7-2)11(4)18-14/h10,13,15H,6-9H2,1-5H3. The molecule has 0 aliphatic heterocycles. The summed E-state index contributed by atoms with van der Waals surface area (Å²) in [4.78, 5) is 6.15. The molecule has 0 aliphatic carbocycles. The predicted molar refractivity (Wildman–Crippen MR) is 78.3 cm³/mol. The summed E-state index contributed by atoms with van der Waals surface area (Å²) >= 11 is 1.83. The molecule has 18 heavy (non-hydrogen) atoms. The molecule has 0 bridgehead atoms. The third-order valence-electron chi connectivity index (χ3n) is 3.39. The number of ether oxygens (including phenoxy) is 1. The Labute approximate surface area is 115 Å². The van der Waals surface area contributed by atoms with Crippen LogP contribution < -0.4 is 5.32 Å². The zero-order valence-corrected chi connectivity index (χ0v) is 13.1. The molecule has 0 amide bonds. The van der Waals surface area contributed by atoms with Crippen LogP contribution >= 0.6 is 11.3 Å². The van der Waals surface area contributed by atoms with Crippen LogP contribution in [0.15, 0.2) is 0 Å². The number of aryl methyl sites for hydroxylation is 2. The summed E-state index contributed by atoms with van der Waals surface area (Å²) in [6, 6.07) is 0.356. The number of rotatable bonds is 8. The molecule has 0 saturated heterocycles. The number of nitrogens with one attached hydrogen (secondary N) is 1. The fourth-order valence-corrected chi connectivity index (χ4v) is 3.22. The number of aromatic nitrogens is 1. The van der Waals surface area contributed by atoms with Gasteiger partial charge in [0.05, 0.1) is 18.3 Å². The summed E-state index contributed by atoms with van der Waals surface area (Å²) in [5.41, 5.74) is 1.25. The largest absolute Gasteiger partial charge is 0.383 e. The van der Waals surface area contributed by atoms with E-state index in [1.54, 1.807) is 7.11 Å². The molecular weight excluding hydrogens is 244 g/mol. The molecule has 0 fully saturated rings. The van der Waals surface area contributed by atoms with Gasteiger partial charge in [-0.25, -0.2) is 4.98 Å². The van der Waals surface area contributed by atoms with Gasteiger partial charge in [-0.15, -0.1) is 11.3 Å². The van der Waals surface area contributed by atoms with Crippen molar-refractivity contribution in [2.24, 2.45) is 5.92 Å². The van der Waals surface area contributed by atoms with Crippen molar-refractivity contribution in [2.45, 2.75) is 46.6 Å². The fourth-order valence-electron chi connectivity index (χ4n) is 2.00. The minimum Gasteiger partial charge on any atom is -0.383 e. The van der Waals surface area contributed by atoms with Gasteiger partial charge < -0.3 is 10.1 Å². The number of nitrogens with zero attached hydrogens (tertiary/aromatic N) is 1. The molecule has 2 atom stereocenters. The quantitative estimate of drug-likeness (QED) is 0.736. The molecule has 4 heteroatoms. The van der Waals surface area contributed by atoms with E-state index in [1.807, 2.05) is 11.3 Å². The summed E-state index contributed by atoms with van der Waals surface area (Å²) in [5.74, 6) is 0.595. The highest BCUT2D eigenvalue weighted by atomic mass is 32.1. The average Bonchev–Trinajstić information content (AvgIpc) is 2.75. The zero-order chi connectivity index (χ0) is 13.5. The Morgan fingerprint density at radius 1 is 1.39 bits per heavy atom. The van der Waals surface area contributed by atoms with Crippen LogP contribution in [0.3, 0.4) is 0 Å². The van der Waals surface area contributed by atoms with Crippen LogP contribution in [-0.2, 0) is 11.2 Å². The van der Waals surface area contributed by atoms with Gasteiger partial charge in [0.1, 0.15) is 5.01 Å². The maximum Gasteiger partial charge on any atom is 0.110 e. The predicted octanol–water partition coefficient (Wildman–Crippen LogP) is 3.34. The molecule has 0 aromatic carbocycles. The molecule has 1 N–H and O–H groups in total. The second-order valence-corrected chi connectivity index (χ2v) is 5.95. The van der Waals surface area contributed by atoms with Crippen LogP contribution in [0.2, 0.25) is 0 Å². The fraction of sp³-hybridized carbons (Fsp3) is 0.786. The third-order valence-corrected chi connectivity index (χ3v) is 4.49. The normalized spacial score (nSPS) is 14.7. The molecule has 2 unspecified atom stereocenters. The SMILES string of the molecule is CCc1nc(C(NCCOC)C(C)CC)sc1C. The smallest absolute Gasteiger partial charge is 0.110 e. The second-order valence-electron chi connectivity index (χ2n) is 4.72. The number of thiazole rings is 1. The molecule has 3 nitrogen and oxygen atoms in total. The van der Waals surface area contributed by atoms with Crippen LogP contribution in [-0.4, -0.2) is 25.2 Å². The monoisotopic (exact) mass is 270 g/mol. The Bertz CT molecular complexity index is 352. The van der Waals surface area contributed by atoms with Gasteiger partial charge in [-0.3, -0.25) is 0 Å². The lowest BCUT2D eigenvalue weighted by Gasteiger charge is -2.22. The van der Waals surface area contributed by atoms with Gasteiger partial charge in [0.25, 0.3) is 0 Å². The van der Waals surface area contributed by atoms with Crippen LogP contribution in [0.4, 0.5) is 0 Å². The van der Waals surface area contributed by atoms with Crippen molar-refractivity contribution >= 4 is 11.3 Å². The van der Waals surface area contributed by atoms with Crippen molar-refractivity contribution < 1.29 is 4.74 Å². The van der Waals surface area contributed by atoms with Crippen LogP contribution in [0, 0.1) is 12.8 Å². The summed E-state index contributed by atoms with van der Waals surface area (Å²) in [5, 5.41) is 4.81. The van der Waals surface area contributed by atoms with Crippen LogP contribution in [0.5, 0.6) is 0 Å². The van der Waals surface area contributed by atoms with E-state index in [0.29, 0.717) is 12.0 Å². The van der Waals surface area contributed by atoms with Crippen LogP contribution in [0.25, 0.3) is 0 Å². The van der Waals surface area contributed by atoms with Gasteiger partial charge in [-0.05, 0) is 19.3 Å². The van der Waals surface area contributed by atoms with E-state index in [-0.39, 0.29) is 0 Å². The molecule has 0 radical (unpaired) electrons. The molecule has 1 aromatic rings. The highest BCUT2D eigenvalue weighted by molar-refractivity contribution is 7.11. The van der Waals surface area contributed by atoms with Gasteiger partial charge in [0, 0.05) is 18.5 Å². The van der Waals surface area contributed by atoms with Crippen molar-refractivity contribution in [2.75, 3.05) is 20.3 Å². The molecule has 0 aliphatic rings. The van der Waals surface area contributed by atoms with Crippen molar-refractivity contribution in [1.82, 2.24) is 10.3 Å². The first-order valence-electron chi connectivity index (χ1n) is 6.82. The minimum atomic E-state index is 0.356. The lowest BCUT2D eigenvalue weighted by molar-refractivity contribution is 0.191. The van der Waals surface area contributed by atoms with Crippen molar-refractivity contribution in [1.29, 1.82) is 0 Å². The molecule has 1 aromatic heterocycles. The molecule has 1 rings (SSSR count). The molecule has 1 heterocycles. The summed E-state index contributed by atoms with van der Waals surface area (Å²) in [6.07, 6.45) is 2.18. The van der Waals surface area contributed by atoms with Gasteiger partial charge >= 0.3 is 0 Å². The number of methoxy groups -OCH3 is 1. The lowest BCUT2D eigenvalue weighted by Crippen LogP contribution is -2.29. The first kappa shape index (κ1) is 15.6. The van der Waals surface area contributed by atoms with Crippen LogP contribution in [0.1, 0.15) is 48.8 Å². The summed E-state index contributed by atoms with van der Waals surface area (Å²) in [6.45, 7) is 10.5. The molecule has 0 spiro atoms. The van der Waals surface area contributed by atoms with Crippen molar-refractivity contribution in [3.05, 3.63) is 15.6 Å². The maximum absolute atomic E-state index is 5.11. The first-order valence-corrected chi connectivity index (χ1v) is 7.64. The van der Waals surface area contributed by atoms with E-state index in [9.17, 15) is 0 Å². The highest BCUT2D eigenvalue weighted by Crippen LogP contribution is 2.29. The Balaban J connectivity index is 2.80. The highest BCUT2D eigenvalue weighted by Gasteiger charge is 2.21. The Kier molecular flexibility index (Phi) is 6.82. The topological polar surface area (TPSA) is 34.2 Å². The second kappa shape index (κ2) is 7.87. The molecule has 104 valence electrons. The maximum atomic E-state index is 5.11. The first-order chi connectivity index (χ1) is 8.63. The summed E-state index contributed by atoms with van der Waals surface area (Å²) in [7, 11) is 1.74. The van der Waals surface area contributed by atoms with Gasteiger partial charge in [0.15, 0.2) is 0 Å². The molecular formula is C14H26N2OS. The van der Waals surface area contributed by atoms with E-state index in [1.165, 1.54) is 15.6 Å². The number of hydrogen-bond donors (Lipinski definition) is 1. The average molecular weight is 270 g/mol. The van der Waals surface area contributed by atoms with E-state index < -0.39 is 0 Å². The Hall–Kier alpha value is -0.450. The van der Waals surface area contributed by atoms with E-state index >= 15 is 0 Å². The molecule has 0 saturated carbocycles. The van der Waals surface area contributed by atoms with Crippen molar-refractivity contribution in [3.63, 3.8) is 0 Å². The van der Waals surface area contributed by atoms with E-state index in [2.05, 4.69) is 33.0 Å². The van der Waals surface area contributed by atoms with Gasteiger partial charge in [0.2, 0.25) is 0 Å². The zero-order valence-electron chi connectivity index (χ0n) is 12.2.